The van der Waals surface area contributed by atoms with Gasteiger partial charge in [-0.25, -0.2) is 0 Å². The lowest BCUT2D eigenvalue weighted by Gasteiger charge is -2.40. The molecule has 4 nitrogen and oxygen atoms in total. The van der Waals surface area contributed by atoms with Crippen molar-refractivity contribution in [2.75, 3.05) is 39.3 Å². The zero-order chi connectivity index (χ0) is 12.2. The van der Waals surface area contributed by atoms with Gasteiger partial charge in [-0.05, 0) is 20.3 Å². The lowest BCUT2D eigenvalue weighted by Crippen LogP contribution is -2.54. The molecule has 3 N–H and O–H groups in total. The minimum Gasteiger partial charge on any atom is -0.388 e. The third kappa shape index (κ3) is 4.01. The van der Waals surface area contributed by atoms with Gasteiger partial charge in [0.25, 0.3) is 0 Å². The number of rotatable bonds is 5. The highest BCUT2D eigenvalue weighted by molar-refractivity contribution is 4.82. The van der Waals surface area contributed by atoms with Crippen LogP contribution < -0.4 is 5.73 Å². The smallest absolute Gasteiger partial charge is 0.0867 e. The van der Waals surface area contributed by atoms with Crippen molar-refractivity contribution in [3.63, 3.8) is 0 Å². The Hall–Kier alpha value is -0.160. The summed E-state index contributed by atoms with van der Waals surface area (Å²) in [7, 11) is 0. The molecule has 2 unspecified atom stereocenters. The van der Waals surface area contributed by atoms with E-state index in [4.69, 9.17) is 5.73 Å². The second kappa shape index (κ2) is 5.96. The fraction of sp³-hybridized carbons (Fsp3) is 1.00. The summed E-state index contributed by atoms with van der Waals surface area (Å²) in [6, 6.07) is 0.678. The van der Waals surface area contributed by atoms with E-state index in [0.29, 0.717) is 19.1 Å². The number of aliphatic hydroxyl groups is 1. The molecule has 1 rings (SSSR count). The summed E-state index contributed by atoms with van der Waals surface area (Å²) in [6.07, 6.45) is 1.21. The molecule has 0 aliphatic carbocycles. The first-order valence-corrected chi connectivity index (χ1v) is 6.37. The van der Waals surface area contributed by atoms with Gasteiger partial charge in [-0.3, -0.25) is 9.80 Å². The second-order valence-corrected chi connectivity index (χ2v) is 5.27. The average molecular weight is 229 g/mol. The molecule has 0 spiro atoms. The first-order valence-electron chi connectivity index (χ1n) is 6.37. The minimum absolute atomic E-state index is 0.332. The van der Waals surface area contributed by atoms with Gasteiger partial charge in [0.2, 0.25) is 0 Å². The first-order chi connectivity index (χ1) is 7.48. The standard InChI is InChI=1S/C12H27N3O/c1-4-11(2)15-7-5-14(6-8-15)10-12(3,16)9-13/h11,16H,4-10,13H2,1-3H3. The Balaban J connectivity index is 2.32. The van der Waals surface area contributed by atoms with Crippen LogP contribution in [0.2, 0.25) is 0 Å². The Labute approximate surface area is 99.4 Å². The van der Waals surface area contributed by atoms with E-state index in [1.54, 1.807) is 0 Å². The van der Waals surface area contributed by atoms with Gasteiger partial charge in [-0.2, -0.15) is 0 Å². The molecule has 1 heterocycles. The van der Waals surface area contributed by atoms with Gasteiger partial charge in [0.1, 0.15) is 0 Å². The minimum atomic E-state index is -0.738. The molecule has 1 aliphatic rings. The van der Waals surface area contributed by atoms with Gasteiger partial charge in [-0.15, -0.1) is 0 Å². The maximum atomic E-state index is 9.92. The van der Waals surface area contributed by atoms with Crippen molar-refractivity contribution in [2.24, 2.45) is 5.73 Å². The Morgan fingerprint density at radius 1 is 1.31 bits per heavy atom. The summed E-state index contributed by atoms with van der Waals surface area (Å²) in [5, 5.41) is 9.92. The van der Waals surface area contributed by atoms with Crippen LogP contribution in [-0.2, 0) is 0 Å². The highest BCUT2D eigenvalue weighted by Gasteiger charge is 2.26. The van der Waals surface area contributed by atoms with E-state index in [0.717, 1.165) is 26.2 Å². The van der Waals surface area contributed by atoms with Crippen LogP contribution in [0, 0.1) is 0 Å². The molecule has 4 heteroatoms. The number of nitrogens with zero attached hydrogens (tertiary/aromatic N) is 2. The third-order valence-corrected chi connectivity index (χ3v) is 3.63. The van der Waals surface area contributed by atoms with Crippen LogP contribution in [0.15, 0.2) is 0 Å². The molecule has 0 amide bonds. The second-order valence-electron chi connectivity index (χ2n) is 5.27. The first kappa shape index (κ1) is 13.9. The normalized spacial score (nSPS) is 25.3. The maximum Gasteiger partial charge on any atom is 0.0867 e. The van der Waals surface area contributed by atoms with Gasteiger partial charge in [0.15, 0.2) is 0 Å². The van der Waals surface area contributed by atoms with Crippen LogP contribution in [0.1, 0.15) is 27.2 Å². The van der Waals surface area contributed by atoms with Gasteiger partial charge >= 0.3 is 0 Å². The average Bonchev–Trinajstić information content (AvgIpc) is 2.28. The molecule has 0 aromatic carbocycles. The molecule has 2 atom stereocenters. The van der Waals surface area contributed by atoms with Crippen LogP contribution in [0.5, 0.6) is 0 Å². The molecule has 0 aromatic rings. The third-order valence-electron chi connectivity index (χ3n) is 3.63. The SMILES string of the molecule is CCC(C)N1CCN(CC(C)(O)CN)CC1. The molecular formula is C12H27N3O. The lowest BCUT2D eigenvalue weighted by atomic mass is 10.1. The van der Waals surface area contributed by atoms with E-state index >= 15 is 0 Å². The van der Waals surface area contributed by atoms with Gasteiger partial charge in [0, 0.05) is 45.3 Å². The van der Waals surface area contributed by atoms with E-state index in [-0.39, 0.29) is 0 Å². The molecule has 1 saturated heterocycles. The summed E-state index contributed by atoms with van der Waals surface area (Å²) in [5.74, 6) is 0. The number of β-amino-alcohol motifs (C(OH)–C–C–N with tert-alkyl or cyclic N) is 1. The summed E-state index contributed by atoms with van der Waals surface area (Å²) in [6.45, 7) is 11.7. The molecule has 0 saturated carbocycles. The Kier molecular flexibility index (Phi) is 5.18. The van der Waals surface area contributed by atoms with E-state index in [2.05, 4.69) is 23.6 Å². The summed E-state index contributed by atoms with van der Waals surface area (Å²) < 4.78 is 0. The van der Waals surface area contributed by atoms with Gasteiger partial charge < -0.3 is 10.8 Å². The van der Waals surface area contributed by atoms with Crippen molar-refractivity contribution in [1.29, 1.82) is 0 Å². The van der Waals surface area contributed by atoms with Crippen molar-refractivity contribution in [3.05, 3.63) is 0 Å². The molecule has 96 valence electrons. The zero-order valence-electron chi connectivity index (χ0n) is 10.9. The van der Waals surface area contributed by atoms with Crippen molar-refractivity contribution >= 4 is 0 Å². The maximum absolute atomic E-state index is 9.92. The lowest BCUT2D eigenvalue weighted by molar-refractivity contribution is 0.00551. The number of hydrogen-bond acceptors (Lipinski definition) is 4. The van der Waals surface area contributed by atoms with Gasteiger partial charge in [-0.1, -0.05) is 6.92 Å². The zero-order valence-corrected chi connectivity index (χ0v) is 10.9. The summed E-state index contributed by atoms with van der Waals surface area (Å²) >= 11 is 0. The van der Waals surface area contributed by atoms with E-state index < -0.39 is 5.60 Å². The highest BCUT2D eigenvalue weighted by atomic mass is 16.3. The predicted octanol–water partition coefficient (Wildman–Crippen LogP) is 0.112. The predicted molar refractivity (Wildman–Crippen MR) is 67.4 cm³/mol. The van der Waals surface area contributed by atoms with E-state index in [1.807, 2.05) is 6.92 Å². The van der Waals surface area contributed by atoms with Crippen molar-refractivity contribution in [1.82, 2.24) is 9.80 Å². The van der Waals surface area contributed by atoms with Crippen molar-refractivity contribution < 1.29 is 5.11 Å². The van der Waals surface area contributed by atoms with Gasteiger partial charge in [0.05, 0.1) is 5.60 Å². The summed E-state index contributed by atoms with van der Waals surface area (Å²) in [5.41, 5.74) is 4.80. The summed E-state index contributed by atoms with van der Waals surface area (Å²) in [4.78, 5) is 4.83. The Bertz CT molecular complexity index is 200. The topological polar surface area (TPSA) is 52.7 Å². The fourth-order valence-corrected chi connectivity index (χ4v) is 2.17. The molecule has 1 aliphatic heterocycles. The molecule has 0 aromatic heterocycles. The molecule has 16 heavy (non-hydrogen) atoms. The molecule has 1 fully saturated rings. The van der Waals surface area contributed by atoms with Crippen LogP contribution >= 0.6 is 0 Å². The molecular weight excluding hydrogens is 202 g/mol. The Morgan fingerprint density at radius 2 is 1.88 bits per heavy atom. The monoisotopic (exact) mass is 229 g/mol. The molecule has 0 radical (unpaired) electrons. The molecule has 0 bridgehead atoms. The highest BCUT2D eigenvalue weighted by Crippen LogP contribution is 2.11. The van der Waals surface area contributed by atoms with E-state index in [9.17, 15) is 5.11 Å². The Morgan fingerprint density at radius 3 is 2.31 bits per heavy atom. The van der Waals surface area contributed by atoms with Crippen LogP contribution in [0.4, 0.5) is 0 Å². The largest absolute Gasteiger partial charge is 0.388 e. The van der Waals surface area contributed by atoms with Crippen molar-refractivity contribution in [3.8, 4) is 0 Å². The van der Waals surface area contributed by atoms with E-state index in [1.165, 1.54) is 6.42 Å². The number of hydrogen-bond donors (Lipinski definition) is 2. The van der Waals surface area contributed by atoms with Crippen LogP contribution in [0.25, 0.3) is 0 Å². The van der Waals surface area contributed by atoms with Crippen LogP contribution in [-0.4, -0.2) is 65.8 Å². The van der Waals surface area contributed by atoms with Crippen LogP contribution in [0.3, 0.4) is 0 Å². The number of piperazine rings is 1. The quantitative estimate of drug-likeness (QED) is 0.703. The fourth-order valence-electron chi connectivity index (χ4n) is 2.17. The number of nitrogens with two attached hydrogens (primary N) is 1. The van der Waals surface area contributed by atoms with Crippen molar-refractivity contribution in [2.45, 2.75) is 38.8 Å².